The van der Waals surface area contributed by atoms with E-state index in [1.807, 2.05) is 33.0 Å². The summed E-state index contributed by atoms with van der Waals surface area (Å²) in [5.74, 6) is 0.791. The summed E-state index contributed by atoms with van der Waals surface area (Å²) in [6.45, 7) is 7.91. The second-order valence-corrected chi connectivity index (χ2v) is 8.68. The third-order valence-electron chi connectivity index (χ3n) is 5.39. The van der Waals surface area contributed by atoms with Gasteiger partial charge in [-0.05, 0) is 32.9 Å². The lowest BCUT2D eigenvalue weighted by Crippen LogP contribution is -2.44. The van der Waals surface area contributed by atoms with Crippen molar-refractivity contribution in [2.24, 2.45) is 11.4 Å². The van der Waals surface area contributed by atoms with Crippen LogP contribution in [0.4, 0.5) is 5.82 Å². The number of ether oxygens (including phenoxy) is 1. The van der Waals surface area contributed by atoms with Crippen LogP contribution in [0, 0.1) is 13.8 Å². The predicted molar refractivity (Wildman–Crippen MR) is 112 cm³/mol. The maximum absolute atomic E-state index is 13.1. The fourth-order valence-electron chi connectivity index (χ4n) is 3.96. The fourth-order valence-corrected chi connectivity index (χ4v) is 5.04. The number of nitrogens with one attached hydrogen (secondary N) is 1. The van der Waals surface area contributed by atoms with Crippen molar-refractivity contribution in [3.8, 4) is 11.3 Å². The monoisotopic (exact) mass is 426 g/mol. The summed E-state index contributed by atoms with van der Waals surface area (Å²) < 4.78 is 24.8. The van der Waals surface area contributed by atoms with Crippen LogP contribution < -0.4 is 4.90 Å². The molecule has 3 aromatic heterocycles. The molecule has 1 N–H and O–H groups in total. The van der Waals surface area contributed by atoms with Gasteiger partial charge in [0.15, 0.2) is 11.0 Å². The number of hydrogen-bond acceptors (Lipinski definition) is 7. The Bertz CT molecular complexity index is 1180. The molecule has 0 saturated carbocycles. The van der Waals surface area contributed by atoms with Crippen molar-refractivity contribution in [3.05, 3.63) is 34.9 Å². The number of aryl methyl sites for hydroxylation is 3. The van der Waals surface area contributed by atoms with Gasteiger partial charge < -0.3 is 9.64 Å². The van der Waals surface area contributed by atoms with Crippen LogP contribution in [0.25, 0.3) is 11.3 Å². The van der Waals surface area contributed by atoms with Gasteiger partial charge in [-0.2, -0.15) is 9.50 Å². The SMILES string of the molecule is Cc1cc(C2=NS(=O)c3c(-c4c(C)nnn4C)cc(N4CCOC[C@H]4C)nc32)n[nH]1. The molecule has 0 spiro atoms. The van der Waals surface area contributed by atoms with E-state index in [0.29, 0.717) is 35.2 Å². The standard InChI is InChI=1S/C19H22N8O2S/c1-10-7-14(23-21-10)16-17-19(30(28)24-16)13(18-12(3)22-25-26(18)4)8-15(20-17)27-5-6-29-9-11(27)2/h7-8,11H,5-6,9H2,1-4H3,(H,21,23)/t11-,30?/m1/s1. The molecule has 11 heteroatoms. The second-order valence-electron chi connectivity index (χ2n) is 7.60. The summed E-state index contributed by atoms with van der Waals surface area (Å²) in [4.78, 5) is 7.70. The Balaban J connectivity index is 1.75. The topological polar surface area (TPSA) is 114 Å². The Morgan fingerprint density at radius 1 is 1.30 bits per heavy atom. The molecule has 30 heavy (non-hydrogen) atoms. The van der Waals surface area contributed by atoms with E-state index < -0.39 is 11.0 Å². The molecule has 1 unspecified atom stereocenters. The first kappa shape index (κ1) is 19.1. The summed E-state index contributed by atoms with van der Waals surface area (Å²) >= 11 is 0. The average Bonchev–Trinajstić information content (AvgIpc) is 3.39. The van der Waals surface area contributed by atoms with Gasteiger partial charge in [-0.25, -0.2) is 13.9 Å². The van der Waals surface area contributed by atoms with Crippen molar-refractivity contribution < 1.29 is 8.95 Å². The van der Waals surface area contributed by atoms with E-state index in [2.05, 4.69) is 36.7 Å². The molecule has 1 saturated heterocycles. The largest absolute Gasteiger partial charge is 0.377 e. The number of fused-ring (bicyclic) bond motifs is 1. The maximum Gasteiger partial charge on any atom is 0.176 e. The second kappa shape index (κ2) is 7.10. The number of rotatable bonds is 3. The molecule has 156 valence electrons. The quantitative estimate of drug-likeness (QED) is 0.672. The van der Waals surface area contributed by atoms with Gasteiger partial charge in [0.2, 0.25) is 0 Å². The average molecular weight is 427 g/mol. The summed E-state index contributed by atoms with van der Waals surface area (Å²) in [6, 6.07) is 4.02. The van der Waals surface area contributed by atoms with Crippen molar-refractivity contribution >= 4 is 22.5 Å². The lowest BCUT2D eigenvalue weighted by molar-refractivity contribution is 0.0985. The third kappa shape index (κ3) is 2.96. The van der Waals surface area contributed by atoms with Crippen LogP contribution in [-0.2, 0) is 22.8 Å². The fraction of sp³-hybridized carbons (Fsp3) is 0.421. The van der Waals surface area contributed by atoms with Crippen molar-refractivity contribution in [2.45, 2.75) is 31.7 Å². The summed E-state index contributed by atoms with van der Waals surface area (Å²) in [5, 5.41) is 15.6. The van der Waals surface area contributed by atoms with Crippen molar-refractivity contribution in [3.63, 3.8) is 0 Å². The molecule has 2 aliphatic rings. The zero-order valence-corrected chi connectivity index (χ0v) is 18.0. The van der Waals surface area contributed by atoms with Gasteiger partial charge in [0.25, 0.3) is 0 Å². The van der Waals surface area contributed by atoms with E-state index in [1.54, 1.807) is 4.68 Å². The van der Waals surface area contributed by atoms with E-state index in [4.69, 9.17) is 9.72 Å². The van der Waals surface area contributed by atoms with Crippen LogP contribution in [0.3, 0.4) is 0 Å². The molecular formula is C19H22N8O2S. The Morgan fingerprint density at radius 3 is 2.80 bits per heavy atom. The molecule has 3 aromatic rings. The van der Waals surface area contributed by atoms with Gasteiger partial charge in [-0.15, -0.1) is 5.10 Å². The molecule has 0 aliphatic carbocycles. The van der Waals surface area contributed by atoms with Crippen LogP contribution in [-0.4, -0.2) is 65.9 Å². The number of pyridine rings is 1. The molecule has 0 bridgehead atoms. The Hall–Kier alpha value is -2.92. The number of aromatic amines is 1. The summed E-state index contributed by atoms with van der Waals surface area (Å²) in [5.41, 5.74) is 4.99. The smallest absolute Gasteiger partial charge is 0.176 e. The number of H-pyrrole nitrogens is 1. The molecule has 0 amide bonds. The number of morpholine rings is 1. The lowest BCUT2D eigenvalue weighted by Gasteiger charge is -2.34. The van der Waals surface area contributed by atoms with Crippen molar-refractivity contribution in [1.29, 1.82) is 0 Å². The van der Waals surface area contributed by atoms with Crippen LogP contribution in [0.1, 0.15) is 29.7 Å². The molecule has 2 aliphatic heterocycles. The van der Waals surface area contributed by atoms with Crippen molar-refractivity contribution in [1.82, 2.24) is 30.2 Å². The number of anilines is 1. The molecular weight excluding hydrogens is 404 g/mol. The van der Waals surface area contributed by atoms with Gasteiger partial charge >= 0.3 is 0 Å². The van der Waals surface area contributed by atoms with Crippen molar-refractivity contribution in [2.75, 3.05) is 24.7 Å². The molecule has 10 nitrogen and oxygen atoms in total. The van der Waals surface area contributed by atoms with Gasteiger partial charge in [-0.3, -0.25) is 5.10 Å². The zero-order chi connectivity index (χ0) is 21.0. The first-order chi connectivity index (χ1) is 14.4. The number of hydrogen-bond donors (Lipinski definition) is 1. The molecule has 2 atom stereocenters. The zero-order valence-electron chi connectivity index (χ0n) is 17.2. The molecule has 5 rings (SSSR count). The minimum absolute atomic E-state index is 0.169. The van der Waals surface area contributed by atoms with Gasteiger partial charge in [-0.1, -0.05) is 5.21 Å². The van der Waals surface area contributed by atoms with Gasteiger partial charge in [0.1, 0.15) is 22.9 Å². The van der Waals surface area contributed by atoms with Crippen LogP contribution in [0.2, 0.25) is 0 Å². The lowest BCUT2D eigenvalue weighted by atomic mass is 10.1. The highest BCUT2D eigenvalue weighted by Crippen LogP contribution is 2.38. The molecule has 0 radical (unpaired) electrons. The highest BCUT2D eigenvalue weighted by Gasteiger charge is 2.34. The highest BCUT2D eigenvalue weighted by molar-refractivity contribution is 7.84. The minimum Gasteiger partial charge on any atom is -0.377 e. The van der Waals surface area contributed by atoms with E-state index in [-0.39, 0.29) is 6.04 Å². The Labute approximate surface area is 176 Å². The number of aromatic nitrogens is 6. The molecule has 0 aromatic carbocycles. The third-order valence-corrected chi connectivity index (χ3v) is 6.50. The maximum atomic E-state index is 13.1. The van der Waals surface area contributed by atoms with E-state index in [9.17, 15) is 4.21 Å². The van der Waals surface area contributed by atoms with Gasteiger partial charge in [0, 0.05) is 24.8 Å². The van der Waals surface area contributed by atoms with Crippen LogP contribution >= 0.6 is 0 Å². The Kier molecular flexibility index (Phi) is 4.51. The highest BCUT2D eigenvalue weighted by atomic mass is 32.2. The van der Waals surface area contributed by atoms with Crippen LogP contribution in [0.5, 0.6) is 0 Å². The van der Waals surface area contributed by atoms with Gasteiger partial charge in [0.05, 0.1) is 35.5 Å². The first-order valence-electron chi connectivity index (χ1n) is 9.73. The Morgan fingerprint density at radius 2 is 2.13 bits per heavy atom. The normalized spacial score (nSPS) is 21.1. The minimum atomic E-state index is -1.59. The predicted octanol–water partition coefficient (Wildman–Crippen LogP) is 1.32. The molecule has 5 heterocycles. The first-order valence-corrected chi connectivity index (χ1v) is 10.8. The number of nitrogens with zero attached hydrogens (tertiary/aromatic N) is 7. The van der Waals surface area contributed by atoms with E-state index in [0.717, 1.165) is 35.0 Å². The van der Waals surface area contributed by atoms with Crippen LogP contribution in [0.15, 0.2) is 21.4 Å². The van der Waals surface area contributed by atoms with E-state index in [1.165, 1.54) is 0 Å². The summed E-state index contributed by atoms with van der Waals surface area (Å²) in [7, 11) is 0.235. The summed E-state index contributed by atoms with van der Waals surface area (Å²) in [6.07, 6.45) is 0. The van der Waals surface area contributed by atoms with E-state index >= 15 is 0 Å². The molecule has 1 fully saturated rings.